The number of hydrogen-bond acceptors (Lipinski definition) is 1. The Morgan fingerprint density at radius 2 is 1.63 bits per heavy atom. The van der Waals surface area contributed by atoms with Crippen LogP contribution < -0.4 is 0 Å². The summed E-state index contributed by atoms with van der Waals surface area (Å²) in [5, 5.41) is 9.59. The topological polar surface area (TPSA) is 20.2 Å². The lowest BCUT2D eigenvalue weighted by Gasteiger charge is -2.62. The van der Waals surface area contributed by atoms with Gasteiger partial charge >= 0.3 is 6.18 Å². The molecule has 0 aromatic carbocycles. The monoisotopic (exact) mass is 384 g/mol. The van der Waals surface area contributed by atoms with Gasteiger partial charge in [0.2, 0.25) is 0 Å². The maximum atomic E-state index is 13.3. The summed E-state index contributed by atoms with van der Waals surface area (Å²) in [5.74, 6) is 3.72. The van der Waals surface area contributed by atoms with Gasteiger partial charge in [0, 0.05) is 6.61 Å². The SMILES string of the molecule is CC12CCC(C(F)(F)F)CC1CCC1C2CCC2(C)C(CCO)[C@H]3C[C@H]3C12. The van der Waals surface area contributed by atoms with Crippen LogP contribution in [0.3, 0.4) is 0 Å². The van der Waals surface area contributed by atoms with Crippen molar-refractivity contribution in [2.45, 2.75) is 77.8 Å². The lowest BCUT2D eigenvalue weighted by molar-refractivity contribution is -0.208. The summed E-state index contributed by atoms with van der Waals surface area (Å²) in [5.41, 5.74) is 0.509. The van der Waals surface area contributed by atoms with E-state index in [9.17, 15) is 18.3 Å². The van der Waals surface area contributed by atoms with E-state index >= 15 is 0 Å². The first kappa shape index (κ1) is 18.8. The van der Waals surface area contributed by atoms with Crippen LogP contribution in [0.25, 0.3) is 0 Å². The maximum absolute atomic E-state index is 13.3. The van der Waals surface area contributed by atoms with Crippen LogP contribution >= 0.6 is 0 Å². The molecule has 5 rings (SSSR count). The van der Waals surface area contributed by atoms with Gasteiger partial charge in [-0.1, -0.05) is 13.8 Å². The van der Waals surface area contributed by atoms with E-state index in [1.807, 2.05) is 0 Å². The Labute approximate surface area is 161 Å². The molecule has 5 fully saturated rings. The van der Waals surface area contributed by atoms with Gasteiger partial charge < -0.3 is 5.11 Å². The first-order valence-corrected chi connectivity index (χ1v) is 11.4. The van der Waals surface area contributed by atoms with Crippen molar-refractivity contribution >= 4 is 0 Å². The fraction of sp³-hybridized carbons (Fsp3) is 1.00. The standard InChI is InChI=1S/C23H35F3O/c1-21-8-5-14(23(24,25)26)11-13(21)3-4-15-18(21)6-9-22(2)19(7-10-27)16-12-17(16)20(15)22/h13-20,27H,3-12H2,1-2H3/t13?,14?,15?,16-,17+,18?,19?,20?,21?,22?/m0/s1. The van der Waals surface area contributed by atoms with Crippen molar-refractivity contribution in [1.82, 2.24) is 0 Å². The summed E-state index contributed by atoms with van der Waals surface area (Å²) in [6, 6.07) is 0. The maximum Gasteiger partial charge on any atom is 0.391 e. The van der Waals surface area contributed by atoms with Gasteiger partial charge in [0.25, 0.3) is 0 Å². The third-order valence-corrected chi connectivity index (χ3v) is 10.6. The second kappa shape index (κ2) is 5.89. The molecule has 0 spiro atoms. The van der Waals surface area contributed by atoms with Crippen molar-refractivity contribution in [1.29, 1.82) is 0 Å². The number of aliphatic hydroxyl groups excluding tert-OH is 1. The lowest BCUT2D eigenvalue weighted by Crippen LogP contribution is -2.55. The molecule has 8 unspecified atom stereocenters. The second-order valence-corrected chi connectivity index (χ2v) is 11.3. The molecule has 0 heterocycles. The van der Waals surface area contributed by atoms with Crippen molar-refractivity contribution in [3.8, 4) is 0 Å². The molecule has 0 aliphatic heterocycles. The van der Waals surface area contributed by atoms with Crippen LogP contribution in [-0.2, 0) is 0 Å². The van der Waals surface area contributed by atoms with E-state index in [1.165, 1.54) is 19.3 Å². The predicted molar refractivity (Wildman–Crippen MR) is 98.8 cm³/mol. The van der Waals surface area contributed by atoms with Gasteiger partial charge in [-0.25, -0.2) is 0 Å². The minimum atomic E-state index is -4.01. The molecule has 0 radical (unpaired) electrons. The fourth-order valence-electron chi connectivity index (χ4n) is 9.36. The van der Waals surface area contributed by atoms with Gasteiger partial charge in [-0.3, -0.25) is 0 Å². The van der Waals surface area contributed by atoms with Crippen molar-refractivity contribution in [3.63, 3.8) is 0 Å². The van der Waals surface area contributed by atoms with Crippen molar-refractivity contribution in [2.75, 3.05) is 6.61 Å². The van der Waals surface area contributed by atoms with E-state index in [2.05, 4.69) is 13.8 Å². The molecular weight excluding hydrogens is 349 g/mol. The summed E-state index contributed by atoms with van der Waals surface area (Å²) in [6.07, 6.45) is 4.43. The van der Waals surface area contributed by atoms with E-state index in [4.69, 9.17) is 0 Å². The van der Waals surface area contributed by atoms with Gasteiger partial charge in [-0.2, -0.15) is 13.2 Å². The largest absolute Gasteiger partial charge is 0.396 e. The molecule has 0 amide bonds. The molecule has 5 aliphatic carbocycles. The first-order valence-electron chi connectivity index (χ1n) is 11.4. The van der Waals surface area contributed by atoms with Gasteiger partial charge in [-0.05, 0) is 110 Å². The minimum Gasteiger partial charge on any atom is -0.396 e. The zero-order valence-electron chi connectivity index (χ0n) is 16.8. The van der Waals surface area contributed by atoms with Crippen LogP contribution in [0.15, 0.2) is 0 Å². The van der Waals surface area contributed by atoms with Crippen LogP contribution in [0.2, 0.25) is 0 Å². The Morgan fingerprint density at radius 1 is 0.889 bits per heavy atom. The molecular formula is C23H35F3O. The van der Waals surface area contributed by atoms with Gasteiger partial charge in [0.1, 0.15) is 0 Å². The van der Waals surface area contributed by atoms with Crippen LogP contribution in [0.1, 0.15) is 71.6 Å². The quantitative estimate of drug-likeness (QED) is 0.613. The summed E-state index contributed by atoms with van der Waals surface area (Å²) in [7, 11) is 0. The molecule has 154 valence electrons. The van der Waals surface area contributed by atoms with Crippen LogP contribution in [0.5, 0.6) is 0 Å². The molecule has 1 nitrogen and oxygen atoms in total. The molecule has 0 bridgehead atoms. The van der Waals surface area contributed by atoms with Crippen LogP contribution in [-0.4, -0.2) is 17.9 Å². The number of rotatable bonds is 2. The Balaban J connectivity index is 1.39. The minimum absolute atomic E-state index is 0.130. The smallest absolute Gasteiger partial charge is 0.391 e. The molecule has 0 aromatic rings. The lowest BCUT2D eigenvalue weighted by atomic mass is 9.43. The molecule has 5 saturated carbocycles. The molecule has 1 N–H and O–H groups in total. The Bertz CT molecular complexity index is 603. The molecule has 0 aromatic heterocycles. The highest BCUT2D eigenvalue weighted by molar-refractivity contribution is 5.18. The van der Waals surface area contributed by atoms with Gasteiger partial charge in [0.05, 0.1) is 5.92 Å². The number of aliphatic hydroxyl groups is 1. The van der Waals surface area contributed by atoms with Crippen LogP contribution in [0, 0.1) is 58.2 Å². The van der Waals surface area contributed by atoms with E-state index in [1.54, 1.807) is 0 Å². The molecule has 0 saturated heterocycles. The third-order valence-electron chi connectivity index (χ3n) is 10.6. The van der Waals surface area contributed by atoms with Crippen molar-refractivity contribution < 1.29 is 18.3 Å². The van der Waals surface area contributed by atoms with Crippen LogP contribution in [0.4, 0.5) is 13.2 Å². The number of fused-ring (bicyclic) bond motifs is 7. The summed E-state index contributed by atoms with van der Waals surface area (Å²) in [4.78, 5) is 0. The number of hydrogen-bond donors (Lipinski definition) is 1. The highest BCUT2D eigenvalue weighted by Crippen LogP contribution is 2.76. The highest BCUT2D eigenvalue weighted by atomic mass is 19.4. The zero-order valence-corrected chi connectivity index (χ0v) is 16.8. The average molecular weight is 385 g/mol. The summed E-state index contributed by atoms with van der Waals surface area (Å²) >= 11 is 0. The van der Waals surface area contributed by atoms with E-state index < -0.39 is 12.1 Å². The Kier molecular flexibility index (Phi) is 4.09. The van der Waals surface area contributed by atoms with Gasteiger partial charge in [-0.15, -0.1) is 0 Å². The predicted octanol–water partition coefficient (Wildman–Crippen LogP) is 6.06. The Morgan fingerprint density at radius 3 is 2.33 bits per heavy atom. The van der Waals surface area contributed by atoms with E-state index in [-0.39, 0.29) is 11.3 Å². The number of halogens is 3. The zero-order chi connectivity index (χ0) is 19.2. The fourth-order valence-corrected chi connectivity index (χ4v) is 9.36. The van der Waals surface area contributed by atoms with Crippen molar-refractivity contribution in [2.24, 2.45) is 58.2 Å². The normalized spacial score (nSPS) is 56.7. The second-order valence-electron chi connectivity index (χ2n) is 11.3. The van der Waals surface area contributed by atoms with E-state index in [0.717, 1.165) is 49.4 Å². The Hall–Kier alpha value is -0.250. The molecule has 27 heavy (non-hydrogen) atoms. The number of alkyl halides is 3. The average Bonchev–Trinajstić information content (AvgIpc) is 3.32. The third kappa shape index (κ3) is 2.53. The first-order chi connectivity index (χ1) is 12.7. The van der Waals surface area contributed by atoms with E-state index in [0.29, 0.717) is 36.7 Å². The van der Waals surface area contributed by atoms with Crippen molar-refractivity contribution in [3.05, 3.63) is 0 Å². The highest BCUT2D eigenvalue weighted by Gasteiger charge is 2.70. The molecule has 10 atom stereocenters. The molecule has 5 aliphatic rings. The molecule has 4 heteroatoms. The summed E-state index contributed by atoms with van der Waals surface area (Å²) < 4.78 is 40.0. The summed E-state index contributed by atoms with van der Waals surface area (Å²) in [6.45, 7) is 5.16. The van der Waals surface area contributed by atoms with Gasteiger partial charge in [0.15, 0.2) is 0 Å².